The molecular formula is C12H26N2O2. The summed E-state index contributed by atoms with van der Waals surface area (Å²) in [6, 6.07) is 0.293. The predicted octanol–water partition coefficient (Wildman–Crippen LogP) is 2.42. The van der Waals surface area contributed by atoms with E-state index in [-0.39, 0.29) is 6.09 Å². The number of alkyl carbamates (subject to hydrolysis) is 1. The minimum absolute atomic E-state index is 0.293. The Morgan fingerprint density at radius 2 is 2.00 bits per heavy atom. The van der Waals surface area contributed by atoms with Gasteiger partial charge in [-0.3, -0.25) is 0 Å². The molecule has 1 amide bonds. The lowest BCUT2D eigenvalue weighted by atomic mass is 10.1. The van der Waals surface area contributed by atoms with Gasteiger partial charge in [0, 0.05) is 12.6 Å². The molecule has 0 aliphatic carbocycles. The lowest BCUT2D eigenvalue weighted by molar-refractivity contribution is 0.0527. The molecule has 0 aromatic heterocycles. The van der Waals surface area contributed by atoms with E-state index in [1.807, 2.05) is 20.8 Å². The third-order valence-electron chi connectivity index (χ3n) is 2.19. The SMILES string of the molecule is CCC(N)CCCCNC(=O)OC(C)(C)C. The molecule has 0 aliphatic heterocycles. The smallest absolute Gasteiger partial charge is 0.407 e. The maximum Gasteiger partial charge on any atom is 0.407 e. The second-order valence-corrected chi connectivity index (χ2v) is 5.09. The van der Waals surface area contributed by atoms with Crippen LogP contribution in [0.1, 0.15) is 53.4 Å². The van der Waals surface area contributed by atoms with Gasteiger partial charge in [-0.25, -0.2) is 4.79 Å². The average Bonchev–Trinajstić information content (AvgIpc) is 2.14. The first-order valence-electron chi connectivity index (χ1n) is 6.07. The second-order valence-electron chi connectivity index (χ2n) is 5.09. The Balaban J connectivity index is 3.42. The number of carbonyl (C=O) groups is 1. The number of nitrogens with two attached hydrogens (primary N) is 1. The van der Waals surface area contributed by atoms with Crippen LogP contribution in [0.2, 0.25) is 0 Å². The Morgan fingerprint density at radius 3 is 2.50 bits per heavy atom. The van der Waals surface area contributed by atoms with Crippen molar-refractivity contribution in [2.75, 3.05) is 6.54 Å². The van der Waals surface area contributed by atoms with E-state index in [1.54, 1.807) is 0 Å². The fraction of sp³-hybridized carbons (Fsp3) is 0.917. The number of rotatable bonds is 6. The highest BCUT2D eigenvalue weighted by Crippen LogP contribution is 2.06. The van der Waals surface area contributed by atoms with Gasteiger partial charge in [-0.05, 0) is 40.0 Å². The van der Waals surface area contributed by atoms with E-state index in [0.29, 0.717) is 12.6 Å². The monoisotopic (exact) mass is 230 g/mol. The zero-order chi connectivity index (χ0) is 12.6. The number of hydrogen-bond donors (Lipinski definition) is 2. The van der Waals surface area contributed by atoms with Crippen molar-refractivity contribution in [3.05, 3.63) is 0 Å². The van der Waals surface area contributed by atoms with Gasteiger partial charge in [-0.15, -0.1) is 0 Å². The normalized spacial score (nSPS) is 13.3. The highest BCUT2D eigenvalue weighted by molar-refractivity contribution is 5.67. The van der Waals surface area contributed by atoms with E-state index in [4.69, 9.17) is 10.5 Å². The van der Waals surface area contributed by atoms with E-state index in [1.165, 1.54) is 0 Å². The van der Waals surface area contributed by atoms with Crippen LogP contribution in [0.15, 0.2) is 0 Å². The van der Waals surface area contributed by atoms with E-state index < -0.39 is 5.60 Å². The highest BCUT2D eigenvalue weighted by atomic mass is 16.6. The van der Waals surface area contributed by atoms with Crippen molar-refractivity contribution in [2.24, 2.45) is 5.73 Å². The summed E-state index contributed by atoms with van der Waals surface area (Å²) >= 11 is 0. The fourth-order valence-electron chi connectivity index (χ4n) is 1.24. The van der Waals surface area contributed by atoms with Gasteiger partial charge in [-0.2, -0.15) is 0 Å². The van der Waals surface area contributed by atoms with E-state index >= 15 is 0 Å². The van der Waals surface area contributed by atoms with Gasteiger partial charge in [-0.1, -0.05) is 13.3 Å². The Morgan fingerprint density at radius 1 is 1.38 bits per heavy atom. The first kappa shape index (κ1) is 15.2. The molecule has 0 bridgehead atoms. The molecule has 0 saturated carbocycles. The van der Waals surface area contributed by atoms with Crippen LogP contribution in [0.3, 0.4) is 0 Å². The lowest BCUT2D eigenvalue weighted by Gasteiger charge is -2.19. The predicted molar refractivity (Wildman–Crippen MR) is 66.4 cm³/mol. The molecule has 3 N–H and O–H groups in total. The second kappa shape index (κ2) is 7.49. The standard InChI is InChI=1S/C12H26N2O2/c1-5-10(13)8-6-7-9-14-11(15)16-12(2,3)4/h10H,5-9,13H2,1-4H3,(H,14,15). The van der Waals surface area contributed by atoms with Crippen LogP contribution in [-0.2, 0) is 4.74 Å². The van der Waals surface area contributed by atoms with Crippen molar-refractivity contribution in [3.63, 3.8) is 0 Å². The zero-order valence-corrected chi connectivity index (χ0v) is 11.0. The third kappa shape index (κ3) is 9.77. The van der Waals surface area contributed by atoms with Crippen molar-refractivity contribution in [1.82, 2.24) is 5.32 Å². The Bertz CT molecular complexity index is 200. The summed E-state index contributed by atoms with van der Waals surface area (Å²) in [5.41, 5.74) is 5.36. The van der Waals surface area contributed by atoms with Gasteiger partial charge < -0.3 is 15.8 Å². The molecule has 0 fully saturated rings. The molecule has 1 atom stereocenters. The molecule has 0 aromatic rings. The molecule has 16 heavy (non-hydrogen) atoms. The van der Waals surface area contributed by atoms with Crippen LogP contribution in [0.5, 0.6) is 0 Å². The quantitative estimate of drug-likeness (QED) is 0.689. The van der Waals surface area contributed by atoms with Crippen molar-refractivity contribution in [3.8, 4) is 0 Å². The molecule has 4 heteroatoms. The largest absolute Gasteiger partial charge is 0.444 e. The van der Waals surface area contributed by atoms with Gasteiger partial charge in [0.2, 0.25) is 0 Å². The summed E-state index contributed by atoms with van der Waals surface area (Å²) in [4.78, 5) is 11.3. The molecule has 0 saturated heterocycles. The molecule has 0 rings (SSSR count). The highest BCUT2D eigenvalue weighted by Gasteiger charge is 2.15. The maximum absolute atomic E-state index is 11.3. The van der Waals surface area contributed by atoms with Gasteiger partial charge in [0.1, 0.15) is 5.60 Å². The summed E-state index contributed by atoms with van der Waals surface area (Å²) < 4.78 is 5.11. The first-order chi connectivity index (χ1) is 7.35. The minimum Gasteiger partial charge on any atom is -0.444 e. The number of unbranched alkanes of at least 4 members (excludes halogenated alkanes) is 1. The van der Waals surface area contributed by atoms with Crippen LogP contribution >= 0.6 is 0 Å². The van der Waals surface area contributed by atoms with Crippen molar-refractivity contribution < 1.29 is 9.53 Å². The van der Waals surface area contributed by atoms with E-state index in [0.717, 1.165) is 25.7 Å². The summed E-state index contributed by atoms with van der Waals surface area (Å²) in [6.07, 6.45) is 3.69. The topological polar surface area (TPSA) is 64.3 Å². The summed E-state index contributed by atoms with van der Waals surface area (Å²) in [5, 5.41) is 2.73. The van der Waals surface area contributed by atoms with Crippen molar-refractivity contribution in [1.29, 1.82) is 0 Å². The van der Waals surface area contributed by atoms with E-state index in [2.05, 4.69) is 12.2 Å². The number of nitrogens with one attached hydrogen (secondary N) is 1. The molecular weight excluding hydrogens is 204 g/mol. The number of carbonyl (C=O) groups excluding carboxylic acids is 1. The van der Waals surface area contributed by atoms with Gasteiger partial charge in [0.25, 0.3) is 0 Å². The fourth-order valence-corrected chi connectivity index (χ4v) is 1.24. The number of ether oxygens (including phenoxy) is 1. The molecule has 4 nitrogen and oxygen atoms in total. The minimum atomic E-state index is -0.422. The Labute approximate surface area is 98.9 Å². The zero-order valence-electron chi connectivity index (χ0n) is 11.0. The van der Waals surface area contributed by atoms with Crippen LogP contribution < -0.4 is 11.1 Å². The van der Waals surface area contributed by atoms with Gasteiger partial charge >= 0.3 is 6.09 Å². The molecule has 1 unspecified atom stereocenters. The maximum atomic E-state index is 11.3. The number of hydrogen-bond acceptors (Lipinski definition) is 3. The lowest BCUT2D eigenvalue weighted by Crippen LogP contribution is -2.33. The molecule has 0 spiro atoms. The molecule has 96 valence electrons. The summed E-state index contributed by atoms with van der Waals surface area (Å²) in [7, 11) is 0. The van der Waals surface area contributed by atoms with Crippen molar-refractivity contribution in [2.45, 2.75) is 65.0 Å². The molecule has 0 aromatic carbocycles. The third-order valence-corrected chi connectivity index (χ3v) is 2.19. The van der Waals surface area contributed by atoms with Crippen LogP contribution in [0.25, 0.3) is 0 Å². The average molecular weight is 230 g/mol. The number of amides is 1. The summed E-state index contributed by atoms with van der Waals surface area (Å²) in [6.45, 7) is 8.31. The van der Waals surface area contributed by atoms with Gasteiger partial charge in [0.05, 0.1) is 0 Å². The van der Waals surface area contributed by atoms with Gasteiger partial charge in [0.15, 0.2) is 0 Å². The van der Waals surface area contributed by atoms with Crippen LogP contribution in [0.4, 0.5) is 4.79 Å². The molecule has 0 heterocycles. The van der Waals surface area contributed by atoms with E-state index in [9.17, 15) is 4.79 Å². The molecule has 0 radical (unpaired) electrons. The van der Waals surface area contributed by atoms with Crippen LogP contribution in [-0.4, -0.2) is 24.3 Å². The summed E-state index contributed by atoms with van der Waals surface area (Å²) in [5.74, 6) is 0. The Hall–Kier alpha value is -0.770. The van der Waals surface area contributed by atoms with Crippen LogP contribution in [0, 0.1) is 0 Å². The Kier molecular flexibility index (Phi) is 7.13. The molecule has 0 aliphatic rings. The van der Waals surface area contributed by atoms with Crippen molar-refractivity contribution >= 4 is 6.09 Å². The first-order valence-corrected chi connectivity index (χ1v) is 6.07.